The zero-order valence-electron chi connectivity index (χ0n) is 14.2. The van der Waals surface area contributed by atoms with Gasteiger partial charge in [-0.1, -0.05) is 19.3 Å². The molecule has 1 atom stereocenters. The minimum Gasteiger partial charge on any atom is -0.468 e. The third-order valence-electron chi connectivity index (χ3n) is 5.07. The number of likely N-dealkylation sites (N-methyl/N-ethyl adjacent to an activating group) is 1. The summed E-state index contributed by atoms with van der Waals surface area (Å²) in [5.74, 6) is 0.347. The van der Waals surface area contributed by atoms with Crippen LogP contribution in [0.25, 0.3) is 0 Å². The smallest absolute Gasteiger partial charge is 0.327 e. The Morgan fingerprint density at radius 3 is 2.33 bits per heavy atom. The van der Waals surface area contributed by atoms with E-state index in [1.807, 2.05) is 0 Å². The van der Waals surface area contributed by atoms with Crippen molar-refractivity contribution in [1.82, 2.24) is 10.2 Å². The molecule has 0 radical (unpaired) electrons. The number of hydrogen-bond acceptors (Lipinski definition) is 4. The van der Waals surface area contributed by atoms with Crippen molar-refractivity contribution in [3.8, 4) is 0 Å². The van der Waals surface area contributed by atoms with Crippen LogP contribution in [0.3, 0.4) is 0 Å². The van der Waals surface area contributed by atoms with Gasteiger partial charge in [0.15, 0.2) is 0 Å². The van der Waals surface area contributed by atoms with Crippen molar-refractivity contribution >= 4 is 5.97 Å². The molecule has 2 fully saturated rings. The second kappa shape index (κ2) is 7.10. The number of ether oxygens (including phenoxy) is 1. The van der Waals surface area contributed by atoms with E-state index < -0.39 is 5.54 Å². The van der Waals surface area contributed by atoms with E-state index in [0.717, 1.165) is 19.4 Å². The van der Waals surface area contributed by atoms with Crippen LogP contribution >= 0.6 is 0 Å². The Labute approximate surface area is 129 Å². The standard InChI is InChI=1S/C17H32N2O2/c1-13(2)18-17(14-10-11-14,16(20)21-4)12-19(3)15-8-6-5-7-9-15/h13-15,18H,5-12H2,1-4H3. The SMILES string of the molecule is COC(=O)C(CN(C)C1CCCCC1)(NC(C)C)C1CC1. The molecule has 4 heteroatoms. The molecule has 0 aromatic carbocycles. The fraction of sp³-hybridized carbons (Fsp3) is 0.941. The zero-order valence-corrected chi connectivity index (χ0v) is 14.2. The Morgan fingerprint density at radius 2 is 1.86 bits per heavy atom. The summed E-state index contributed by atoms with van der Waals surface area (Å²) < 4.78 is 5.18. The molecule has 2 saturated carbocycles. The van der Waals surface area contributed by atoms with Gasteiger partial charge in [0.05, 0.1) is 7.11 Å². The van der Waals surface area contributed by atoms with Crippen LogP contribution in [-0.4, -0.2) is 49.2 Å². The summed E-state index contributed by atoms with van der Waals surface area (Å²) >= 11 is 0. The van der Waals surface area contributed by atoms with E-state index in [0.29, 0.717) is 12.0 Å². The molecule has 0 heterocycles. The molecule has 0 aromatic heterocycles. The lowest BCUT2D eigenvalue weighted by molar-refractivity contribution is -0.151. The molecule has 0 aromatic rings. The highest BCUT2D eigenvalue weighted by molar-refractivity contribution is 5.82. The molecule has 0 saturated heterocycles. The number of nitrogens with zero attached hydrogens (tertiary/aromatic N) is 1. The average Bonchev–Trinajstić information content (AvgIpc) is 3.30. The van der Waals surface area contributed by atoms with Crippen molar-refractivity contribution in [2.75, 3.05) is 20.7 Å². The average molecular weight is 296 g/mol. The molecule has 122 valence electrons. The van der Waals surface area contributed by atoms with Gasteiger partial charge in [-0.15, -0.1) is 0 Å². The molecule has 0 amide bonds. The number of nitrogens with one attached hydrogen (secondary N) is 1. The molecule has 2 aliphatic rings. The van der Waals surface area contributed by atoms with Crippen LogP contribution in [0.1, 0.15) is 58.8 Å². The van der Waals surface area contributed by atoms with Crippen molar-refractivity contribution in [3.63, 3.8) is 0 Å². The summed E-state index contributed by atoms with van der Waals surface area (Å²) in [6, 6.07) is 0.903. The van der Waals surface area contributed by atoms with E-state index in [-0.39, 0.29) is 12.0 Å². The maximum atomic E-state index is 12.6. The molecule has 1 unspecified atom stereocenters. The molecule has 0 spiro atoms. The van der Waals surface area contributed by atoms with E-state index in [1.165, 1.54) is 39.2 Å². The van der Waals surface area contributed by atoms with Gasteiger partial charge in [0.2, 0.25) is 0 Å². The summed E-state index contributed by atoms with van der Waals surface area (Å²) in [6.45, 7) is 4.99. The van der Waals surface area contributed by atoms with Gasteiger partial charge in [-0.2, -0.15) is 0 Å². The quantitative estimate of drug-likeness (QED) is 0.733. The molecule has 0 aliphatic heterocycles. The second-order valence-electron chi connectivity index (χ2n) is 7.24. The first-order valence-electron chi connectivity index (χ1n) is 8.56. The minimum atomic E-state index is -0.519. The molecule has 2 aliphatic carbocycles. The first-order chi connectivity index (χ1) is 9.99. The van der Waals surface area contributed by atoms with Crippen molar-refractivity contribution in [3.05, 3.63) is 0 Å². The van der Waals surface area contributed by atoms with E-state index in [9.17, 15) is 4.79 Å². The molecular weight excluding hydrogens is 264 g/mol. The lowest BCUT2D eigenvalue weighted by Crippen LogP contribution is -2.63. The Hall–Kier alpha value is -0.610. The van der Waals surface area contributed by atoms with Crippen molar-refractivity contribution in [2.24, 2.45) is 5.92 Å². The number of rotatable bonds is 7. The van der Waals surface area contributed by atoms with Crippen LogP contribution < -0.4 is 5.32 Å². The van der Waals surface area contributed by atoms with Gasteiger partial charge >= 0.3 is 5.97 Å². The number of carbonyl (C=O) groups is 1. The van der Waals surface area contributed by atoms with E-state index in [2.05, 4.69) is 31.1 Å². The Morgan fingerprint density at radius 1 is 1.24 bits per heavy atom. The van der Waals surface area contributed by atoms with Crippen molar-refractivity contribution < 1.29 is 9.53 Å². The summed E-state index contributed by atoms with van der Waals surface area (Å²) in [6.07, 6.45) is 8.79. The largest absolute Gasteiger partial charge is 0.468 e. The van der Waals surface area contributed by atoms with Gasteiger partial charge in [-0.25, -0.2) is 4.79 Å². The number of esters is 1. The van der Waals surface area contributed by atoms with Gasteiger partial charge in [0, 0.05) is 18.6 Å². The highest BCUT2D eigenvalue weighted by Crippen LogP contribution is 2.41. The van der Waals surface area contributed by atoms with Crippen LogP contribution in [0, 0.1) is 5.92 Å². The Balaban J connectivity index is 2.11. The number of hydrogen-bond donors (Lipinski definition) is 1. The first kappa shape index (κ1) is 16.8. The van der Waals surface area contributed by atoms with Crippen LogP contribution in [-0.2, 0) is 9.53 Å². The lowest BCUT2D eigenvalue weighted by atomic mass is 9.88. The van der Waals surface area contributed by atoms with Gasteiger partial charge in [-0.05, 0) is 52.5 Å². The predicted molar refractivity (Wildman–Crippen MR) is 85.2 cm³/mol. The van der Waals surface area contributed by atoms with Gasteiger partial charge in [0.25, 0.3) is 0 Å². The molecule has 1 N–H and O–H groups in total. The Kier molecular flexibility index (Phi) is 5.67. The van der Waals surface area contributed by atoms with Gasteiger partial charge in [0.1, 0.15) is 5.54 Å². The van der Waals surface area contributed by atoms with E-state index in [4.69, 9.17) is 4.74 Å². The summed E-state index contributed by atoms with van der Waals surface area (Å²) in [5, 5.41) is 3.56. The summed E-state index contributed by atoms with van der Waals surface area (Å²) in [5.41, 5.74) is -0.519. The highest BCUT2D eigenvalue weighted by atomic mass is 16.5. The topological polar surface area (TPSA) is 41.6 Å². The third kappa shape index (κ3) is 3.98. The molecule has 2 rings (SSSR count). The maximum absolute atomic E-state index is 12.6. The molecule has 21 heavy (non-hydrogen) atoms. The van der Waals surface area contributed by atoms with Crippen molar-refractivity contribution in [2.45, 2.75) is 76.4 Å². The summed E-state index contributed by atoms with van der Waals surface area (Å²) in [4.78, 5) is 15.0. The van der Waals surface area contributed by atoms with Crippen LogP contribution in [0.5, 0.6) is 0 Å². The normalized spacial score (nSPS) is 23.3. The van der Waals surface area contributed by atoms with E-state index >= 15 is 0 Å². The van der Waals surface area contributed by atoms with E-state index in [1.54, 1.807) is 0 Å². The number of carbonyl (C=O) groups excluding carboxylic acids is 1. The zero-order chi connectivity index (χ0) is 15.5. The third-order valence-corrected chi connectivity index (χ3v) is 5.07. The Bertz CT molecular complexity index is 349. The van der Waals surface area contributed by atoms with Crippen molar-refractivity contribution in [1.29, 1.82) is 0 Å². The fourth-order valence-electron chi connectivity index (χ4n) is 3.90. The minimum absolute atomic E-state index is 0.0821. The first-order valence-corrected chi connectivity index (χ1v) is 8.56. The molecule has 4 nitrogen and oxygen atoms in total. The van der Waals surface area contributed by atoms with Crippen LogP contribution in [0.15, 0.2) is 0 Å². The highest BCUT2D eigenvalue weighted by Gasteiger charge is 2.53. The lowest BCUT2D eigenvalue weighted by Gasteiger charge is -2.41. The monoisotopic (exact) mass is 296 g/mol. The second-order valence-corrected chi connectivity index (χ2v) is 7.24. The maximum Gasteiger partial charge on any atom is 0.327 e. The predicted octanol–water partition coefficient (Wildman–Crippen LogP) is 2.57. The summed E-state index contributed by atoms with van der Waals surface area (Å²) in [7, 11) is 3.69. The van der Waals surface area contributed by atoms with Gasteiger partial charge in [-0.3, -0.25) is 5.32 Å². The molecule has 0 bridgehead atoms. The molecular formula is C17H32N2O2. The fourth-order valence-corrected chi connectivity index (χ4v) is 3.90. The van der Waals surface area contributed by atoms with Crippen LogP contribution in [0.2, 0.25) is 0 Å². The number of methoxy groups -OCH3 is 1. The van der Waals surface area contributed by atoms with Crippen LogP contribution in [0.4, 0.5) is 0 Å². The van der Waals surface area contributed by atoms with Gasteiger partial charge < -0.3 is 9.64 Å².